The number of hydrogen-bond acceptors (Lipinski definition) is 6. The number of hydrogen-bond donors (Lipinski definition) is 2. The van der Waals surface area contributed by atoms with Gasteiger partial charge in [-0.05, 0) is 74.5 Å². The summed E-state index contributed by atoms with van der Waals surface area (Å²) in [6.45, 7) is 3.65. The average Bonchev–Trinajstić information content (AvgIpc) is 3.62. The van der Waals surface area contributed by atoms with Crippen molar-refractivity contribution in [2.24, 2.45) is 17.8 Å². The standard InChI is InChI=1S/C28H28ClN5O4/c1-2-33-24-8-7-20(11-21(24)27(37)34(28(33)38)15-16-3-4-16)32-26(36)22-14-31-13-19(22)10-25(35)17-5-6-18(12-30)23(29)9-17/h5-9,11,16,19,22,31H,2-4,10,13-15H2,1H3,(H,32,36)/t19?,22-/m1/s1. The number of nitrogens with one attached hydrogen (secondary N) is 2. The van der Waals surface area contributed by atoms with Crippen molar-refractivity contribution in [3.63, 3.8) is 0 Å². The number of benzene rings is 2. The Kier molecular flexibility index (Phi) is 7.19. The van der Waals surface area contributed by atoms with Crippen LogP contribution in [-0.4, -0.2) is 33.9 Å². The Balaban J connectivity index is 1.35. The quantitative estimate of drug-likeness (QED) is 0.428. The van der Waals surface area contributed by atoms with Gasteiger partial charge in [-0.3, -0.25) is 23.5 Å². The van der Waals surface area contributed by atoms with Crippen molar-refractivity contribution in [2.75, 3.05) is 18.4 Å². The van der Waals surface area contributed by atoms with Crippen molar-refractivity contribution in [3.8, 4) is 6.07 Å². The van der Waals surface area contributed by atoms with E-state index in [1.165, 1.54) is 16.7 Å². The second-order valence-electron chi connectivity index (χ2n) is 10.1. The molecule has 0 bridgehead atoms. The van der Waals surface area contributed by atoms with Crippen LogP contribution in [0, 0.1) is 29.1 Å². The van der Waals surface area contributed by atoms with E-state index in [1.54, 1.807) is 28.8 Å². The molecule has 1 saturated heterocycles. The lowest BCUT2D eigenvalue weighted by Crippen LogP contribution is -2.40. The molecule has 2 atom stereocenters. The maximum Gasteiger partial charge on any atom is 0.331 e. The lowest BCUT2D eigenvalue weighted by atomic mass is 9.88. The Labute approximate surface area is 224 Å². The second-order valence-corrected chi connectivity index (χ2v) is 10.5. The van der Waals surface area contributed by atoms with Gasteiger partial charge in [-0.1, -0.05) is 11.6 Å². The Morgan fingerprint density at radius 1 is 1.13 bits per heavy atom. The highest BCUT2D eigenvalue weighted by atomic mass is 35.5. The monoisotopic (exact) mass is 533 g/mol. The van der Waals surface area contributed by atoms with E-state index in [0.29, 0.717) is 59.8 Å². The van der Waals surface area contributed by atoms with E-state index in [1.807, 2.05) is 13.0 Å². The Bertz CT molecular complexity index is 1600. The number of ketones is 1. The van der Waals surface area contributed by atoms with Crippen molar-refractivity contribution in [1.29, 1.82) is 5.26 Å². The summed E-state index contributed by atoms with van der Waals surface area (Å²) in [5, 5.41) is 15.8. The predicted molar refractivity (Wildman–Crippen MR) is 144 cm³/mol. The van der Waals surface area contributed by atoms with Crippen LogP contribution < -0.4 is 21.9 Å². The van der Waals surface area contributed by atoms with E-state index in [2.05, 4.69) is 10.6 Å². The summed E-state index contributed by atoms with van der Waals surface area (Å²) in [5.41, 5.74) is 1.06. The van der Waals surface area contributed by atoms with Gasteiger partial charge in [0.2, 0.25) is 5.91 Å². The third-order valence-corrected chi connectivity index (χ3v) is 7.79. The number of aromatic nitrogens is 2. The molecule has 1 saturated carbocycles. The van der Waals surface area contributed by atoms with E-state index < -0.39 is 5.92 Å². The van der Waals surface area contributed by atoms with Crippen LogP contribution in [0.4, 0.5) is 5.69 Å². The van der Waals surface area contributed by atoms with Crippen molar-refractivity contribution in [3.05, 3.63) is 73.4 Å². The molecule has 2 fully saturated rings. The molecular weight excluding hydrogens is 506 g/mol. The highest BCUT2D eigenvalue weighted by molar-refractivity contribution is 6.32. The molecule has 2 heterocycles. The van der Waals surface area contributed by atoms with Gasteiger partial charge < -0.3 is 10.6 Å². The van der Waals surface area contributed by atoms with Crippen LogP contribution >= 0.6 is 11.6 Å². The number of fused-ring (bicyclic) bond motifs is 1. The van der Waals surface area contributed by atoms with Gasteiger partial charge in [-0.2, -0.15) is 5.26 Å². The highest BCUT2D eigenvalue weighted by Gasteiger charge is 2.34. The first-order valence-corrected chi connectivity index (χ1v) is 13.2. The third kappa shape index (κ3) is 5.02. The van der Waals surface area contributed by atoms with Crippen molar-refractivity contribution >= 4 is 39.9 Å². The molecule has 9 nitrogen and oxygen atoms in total. The first-order valence-electron chi connectivity index (χ1n) is 12.8. The van der Waals surface area contributed by atoms with E-state index in [9.17, 15) is 19.2 Å². The van der Waals surface area contributed by atoms with Crippen molar-refractivity contribution in [1.82, 2.24) is 14.5 Å². The maximum atomic E-state index is 13.2. The fourth-order valence-electron chi connectivity index (χ4n) is 5.15. The number of nitrogens with zero attached hydrogens (tertiary/aromatic N) is 3. The molecule has 38 heavy (non-hydrogen) atoms. The van der Waals surface area contributed by atoms with E-state index in [-0.39, 0.29) is 40.3 Å². The molecule has 3 aromatic rings. The molecule has 1 aliphatic carbocycles. The zero-order valence-electron chi connectivity index (χ0n) is 21.0. The Morgan fingerprint density at radius 2 is 1.92 bits per heavy atom. The molecule has 1 unspecified atom stereocenters. The molecule has 1 aliphatic heterocycles. The predicted octanol–water partition coefficient (Wildman–Crippen LogP) is 3.17. The van der Waals surface area contributed by atoms with Gasteiger partial charge in [-0.15, -0.1) is 0 Å². The number of anilines is 1. The van der Waals surface area contributed by atoms with E-state index >= 15 is 0 Å². The molecule has 5 rings (SSSR count). The number of carbonyl (C=O) groups excluding carboxylic acids is 2. The van der Waals surface area contributed by atoms with Gasteiger partial charge >= 0.3 is 5.69 Å². The van der Waals surface area contributed by atoms with Crippen LogP contribution in [0.3, 0.4) is 0 Å². The smallest absolute Gasteiger partial charge is 0.326 e. The van der Waals surface area contributed by atoms with Crippen molar-refractivity contribution < 1.29 is 9.59 Å². The zero-order chi connectivity index (χ0) is 27.0. The normalized spacial score (nSPS) is 18.9. The lowest BCUT2D eigenvalue weighted by molar-refractivity contribution is -0.120. The summed E-state index contributed by atoms with van der Waals surface area (Å²) >= 11 is 6.08. The minimum atomic E-state index is -0.445. The van der Waals surface area contributed by atoms with E-state index in [0.717, 1.165) is 12.8 Å². The lowest BCUT2D eigenvalue weighted by Gasteiger charge is -2.18. The zero-order valence-corrected chi connectivity index (χ0v) is 21.8. The fourth-order valence-corrected chi connectivity index (χ4v) is 5.37. The van der Waals surface area contributed by atoms with Crippen LogP contribution in [0.5, 0.6) is 0 Å². The first kappa shape index (κ1) is 25.9. The number of halogens is 1. The Morgan fingerprint density at radius 3 is 2.61 bits per heavy atom. The first-order chi connectivity index (χ1) is 18.3. The van der Waals surface area contributed by atoms with Crippen LogP contribution in [0.2, 0.25) is 5.02 Å². The molecule has 10 heteroatoms. The van der Waals surface area contributed by atoms with Gasteiger partial charge in [0, 0.05) is 37.3 Å². The van der Waals surface area contributed by atoms with Crippen LogP contribution in [0.15, 0.2) is 46.0 Å². The molecule has 1 aromatic heterocycles. The highest BCUT2D eigenvalue weighted by Crippen LogP contribution is 2.30. The molecule has 196 valence electrons. The maximum absolute atomic E-state index is 13.2. The van der Waals surface area contributed by atoms with Gasteiger partial charge in [0.15, 0.2) is 5.78 Å². The number of rotatable bonds is 8. The number of Topliss-reactive ketones (excluding diaryl/α,β-unsaturated/α-hetero) is 1. The average molecular weight is 534 g/mol. The number of nitriles is 1. The van der Waals surface area contributed by atoms with E-state index in [4.69, 9.17) is 16.9 Å². The number of carbonyl (C=O) groups is 2. The summed E-state index contributed by atoms with van der Waals surface area (Å²) in [7, 11) is 0. The molecular formula is C28H28ClN5O4. The molecule has 2 aliphatic rings. The van der Waals surface area contributed by atoms with Gasteiger partial charge in [0.25, 0.3) is 5.56 Å². The summed E-state index contributed by atoms with van der Waals surface area (Å²) in [5.74, 6) is -0.701. The fraction of sp³-hybridized carbons (Fsp3) is 0.393. The summed E-state index contributed by atoms with van der Waals surface area (Å²) in [6.07, 6.45) is 2.19. The molecule has 1 amide bonds. The molecule has 0 spiro atoms. The summed E-state index contributed by atoms with van der Waals surface area (Å²) < 4.78 is 2.90. The van der Waals surface area contributed by atoms with Gasteiger partial charge in [-0.25, -0.2) is 4.79 Å². The second kappa shape index (κ2) is 10.6. The minimum Gasteiger partial charge on any atom is -0.326 e. The molecule has 2 N–H and O–H groups in total. The molecule has 0 radical (unpaired) electrons. The third-order valence-electron chi connectivity index (χ3n) is 7.48. The number of amides is 1. The Hall–Kier alpha value is -3.74. The minimum absolute atomic E-state index is 0.151. The van der Waals surface area contributed by atoms with Crippen LogP contribution in [-0.2, 0) is 17.9 Å². The molecule has 2 aromatic carbocycles. The van der Waals surface area contributed by atoms with Gasteiger partial charge in [0.05, 0.1) is 27.4 Å². The summed E-state index contributed by atoms with van der Waals surface area (Å²) in [6, 6.07) is 11.6. The van der Waals surface area contributed by atoms with Crippen molar-refractivity contribution in [2.45, 2.75) is 39.3 Å². The largest absolute Gasteiger partial charge is 0.331 e. The SMILES string of the molecule is CCn1c(=O)n(CC2CC2)c(=O)c2cc(NC(=O)[C@@H]3CNCC3CC(=O)c3ccc(C#N)c(Cl)c3)ccc21. The number of aryl methyl sites for hydroxylation is 1. The van der Waals surface area contributed by atoms with Crippen LogP contribution in [0.25, 0.3) is 10.9 Å². The topological polar surface area (TPSA) is 126 Å². The van der Waals surface area contributed by atoms with Crippen LogP contribution in [0.1, 0.15) is 42.1 Å². The summed E-state index contributed by atoms with van der Waals surface area (Å²) in [4.78, 5) is 52.3. The van der Waals surface area contributed by atoms with Gasteiger partial charge in [0.1, 0.15) is 6.07 Å².